The number of anilines is 1. The highest BCUT2D eigenvalue weighted by molar-refractivity contribution is 5.73. The summed E-state index contributed by atoms with van der Waals surface area (Å²) >= 11 is 0. The Bertz CT molecular complexity index is 379. The molecule has 0 radical (unpaired) electrons. The summed E-state index contributed by atoms with van der Waals surface area (Å²) in [4.78, 5) is 12.7. The van der Waals surface area contributed by atoms with Crippen molar-refractivity contribution in [3.8, 4) is 0 Å². The van der Waals surface area contributed by atoms with Crippen LogP contribution in [0.15, 0.2) is 24.3 Å². The highest BCUT2D eigenvalue weighted by Crippen LogP contribution is 2.18. The van der Waals surface area contributed by atoms with E-state index in [0.717, 1.165) is 5.69 Å². The number of nitrogens with zero attached hydrogens (tertiary/aromatic N) is 1. The standard InChI is InChI=1S/C11H12FNO3/c12-8-1-3-9(4-2-8)13-5-6-16-10(7-13)11(14)15/h1-4,10H,5-7H2,(H,14,15)/t10-/m0/s1. The molecule has 0 saturated carbocycles. The largest absolute Gasteiger partial charge is 0.479 e. The second-order valence-electron chi connectivity index (χ2n) is 3.62. The van der Waals surface area contributed by atoms with E-state index in [9.17, 15) is 9.18 Å². The van der Waals surface area contributed by atoms with Gasteiger partial charge >= 0.3 is 5.97 Å². The van der Waals surface area contributed by atoms with Crippen LogP contribution in [0, 0.1) is 5.82 Å². The molecule has 16 heavy (non-hydrogen) atoms. The number of rotatable bonds is 2. The summed E-state index contributed by atoms with van der Waals surface area (Å²) in [5, 5.41) is 8.84. The molecule has 1 atom stereocenters. The fourth-order valence-electron chi connectivity index (χ4n) is 1.69. The van der Waals surface area contributed by atoms with Gasteiger partial charge in [-0.15, -0.1) is 0 Å². The van der Waals surface area contributed by atoms with Gasteiger partial charge in [0.25, 0.3) is 0 Å². The van der Waals surface area contributed by atoms with Crippen LogP contribution in [0.4, 0.5) is 10.1 Å². The molecule has 1 aliphatic heterocycles. The van der Waals surface area contributed by atoms with E-state index in [1.54, 1.807) is 12.1 Å². The van der Waals surface area contributed by atoms with E-state index in [1.165, 1.54) is 12.1 Å². The number of aliphatic carboxylic acids is 1. The fraction of sp³-hybridized carbons (Fsp3) is 0.364. The topological polar surface area (TPSA) is 49.8 Å². The van der Waals surface area contributed by atoms with Gasteiger partial charge in [0.05, 0.1) is 13.2 Å². The van der Waals surface area contributed by atoms with Crippen LogP contribution in [-0.2, 0) is 9.53 Å². The van der Waals surface area contributed by atoms with Gasteiger partial charge in [-0.1, -0.05) is 0 Å². The van der Waals surface area contributed by atoms with Crippen molar-refractivity contribution in [2.24, 2.45) is 0 Å². The lowest BCUT2D eigenvalue weighted by molar-refractivity contribution is -0.150. The zero-order valence-electron chi connectivity index (χ0n) is 8.60. The number of halogens is 1. The van der Waals surface area contributed by atoms with Gasteiger partial charge in [0.15, 0.2) is 6.10 Å². The number of carboxylic acid groups (broad SMARTS) is 1. The van der Waals surface area contributed by atoms with Gasteiger partial charge in [-0.3, -0.25) is 0 Å². The minimum Gasteiger partial charge on any atom is -0.479 e. The third kappa shape index (κ3) is 2.30. The van der Waals surface area contributed by atoms with Gasteiger partial charge in [0.1, 0.15) is 5.82 Å². The summed E-state index contributed by atoms with van der Waals surface area (Å²) in [6.45, 7) is 1.28. The molecular weight excluding hydrogens is 213 g/mol. The van der Waals surface area contributed by atoms with Crippen molar-refractivity contribution in [1.82, 2.24) is 0 Å². The number of carboxylic acids is 1. The minimum absolute atomic E-state index is 0.293. The predicted octanol–water partition coefficient (Wildman–Crippen LogP) is 1.12. The molecule has 0 aromatic heterocycles. The third-order valence-corrected chi connectivity index (χ3v) is 2.53. The Hall–Kier alpha value is -1.62. The van der Waals surface area contributed by atoms with Gasteiger partial charge in [-0.05, 0) is 24.3 Å². The molecule has 1 fully saturated rings. The van der Waals surface area contributed by atoms with Crippen LogP contribution in [-0.4, -0.2) is 36.9 Å². The Morgan fingerprint density at radius 1 is 1.44 bits per heavy atom. The van der Waals surface area contributed by atoms with E-state index in [4.69, 9.17) is 9.84 Å². The third-order valence-electron chi connectivity index (χ3n) is 2.53. The minimum atomic E-state index is -0.966. The van der Waals surface area contributed by atoms with Crippen LogP contribution in [0.2, 0.25) is 0 Å². The summed E-state index contributed by atoms with van der Waals surface area (Å²) < 4.78 is 17.8. The van der Waals surface area contributed by atoms with Crippen molar-refractivity contribution in [1.29, 1.82) is 0 Å². The number of hydrogen-bond acceptors (Lipinski definition) is 3. The Morgan fingerprint density at radius 2 is 2.12 bits per heavy atom. The Morgan fingerprint density at radius 3 is 2.75 bits per heavy atom. The SMILES string of the molecule is O=C(O)[C@@H]1CN(c2ccc(F)cc2)CCO1. The van der Waals surface area contributed by atoms with Crippen molar-refractivity contribution in [3.63, 3.8) is 0 Å². The van der Waals surface area contributed by atoms with E-state index >= 15 is 0 Å². The molecule has 86 valence electrons. The molecule has 1 aliphatic rings. The number of ether oxygens (including phenoxy) is 1. The average molecular weight is 225 g/mol. The molecule has 0 spiro atoms. The first-order valence-electron chi connectivity index (χ1n) is 5.02. The van der Waals surface area contributed by atoms with Crippen molar-refractivity contribution in [2.45, 2.75) is 6.10 Å². The maximum atomic E-state index is 12.7. The van der Waals surface area contributed by atoms with Crippen LogP contribution >= 0.6 is 0 Å². The van der Waals surface area contributed by atoms with Crippen molar-refractivity contribution in [2.75, 3.05) is 24.6 Å². The fourth-order valence-corrected chi connectivity index (χ4v) is 1.69. The van der Waals surface area contributed by atoms with Crippen LogP contribution in [0.1, 0.15) is 0 Å². The quantitative estimate of drug-likeness (QED) is 0.819. The van der Waals surface area contributed by atoms with Crippen LogP contribution in [0.3, 0.4) is 0 Å². The second-order valence-corrected chi connectivity index (χ2v) is 3.62. The maximum Gasteiger partial charge on any atom is 0.334 e. The number of morpholine rings is 1. The van der Waals surface area contributed by atoms with Crippen molar-refractivity contribution >= 4 is 11.7 Å². The zero-order chi connectivity index (χ0) is 11.5. The van der Waals surface area contributed by atoms with Gasteiger partial charge in [-0.2, -0.15) is 0 Å². The van der Waals surface area contributed by atoms with E-state index in [0.29, 0.717) is 19.7 Å². The molecule has 4 nitrogen and oxygen atoms in total. The highest BCUT2D eigenvalue weighted by atomic mass is 19.1. The molecule has 0 amide bonds. The average Bonchev–Trinajstić information content (AvgIpc) is 2.30. The van der Waals surface area contributed by atoms with Crippen LogP contribution in [0.5, 0.6) is 0 Å². The second kappa shape index (κ2) is 4.49. The molecule has 1 aromatic rings. The summed E-state index contributed by atoms with van der Waals surface area (Å²) in [7, 11) is 0. The van der Waals surface area contributed by atoms with E-state index in [1.807, 2.05) is 4.90 Å². The number of hydrogen-bond donors (Lipinski definition) is 1. The molecule has 0 aliphatic carbocycles. The van der Waals surface area contributed by atoms with Crippen LogP contribution < -0.4 is 4.90 Å². The molecule has 1 saturated heterocycles. The lowest BCUT2D eigenvalue weighted by atomic mass is 10.2. The van der Waals surface area contributed by atoms with Crippen molar-refractivity contribution < 1.29 is 19.0 Å². The smallest absolute Gasteiger partial charge is 0.334 e. The summed E-state index contributed by atoms with van der Waals surface area (Å²) in [5.74, 6) is -1.27. The molecule has 0 unspecified atom stereocenters. The normalized spacial score (nSPS) is 20.8. The summed E-state index contributed by atoms with van der Waals surface area (Å²) in [6, 6.07) is 6.00. The first-order chi connectivity index (χ1) is 7.66. The van der Waals surface area contributed by atoms with Gasteiger partial charge in [-0.25, -0.2) is 9.18 Å². The number of benzene rings is 1. The predicted molar refractivity (Wildman–Crippen MR) is 56.0 cm³/mol. The Labute approximate surface area is 92.2 Å². The molecule has 2 rings (SSSR count). The molecule has 0 bridgehead atoms. The van der Waals surface area contributed by atoms with Crippen LogP contribution in [0.25, 0.3) is 0 Å². The molecule has 5 heteroatoms. The maximum absolute atomic E-state index is 12.7. The van der Waals surface area contributed by atoms with E-state index < -0.39 is 12.1 Å². The molecule has 1 aromatic carbocycles. The first-order valence-corrected chi connectivity index (χ1v) is 5.02. The first kappa shape index (κ1) is 10.9. The Kier molecular flexibility index (Phi) is 3.05. The monoisotopic (exact) mass is 225 g/mol. The van der Waals surface area contributed by atoms with Gasteiger partial charge in [0, 0.05) is 12.2 Å². The lowest BCUT2D eigenvalue weighted by Gasteiger charge is -2.32. The Balaban J connectivity index is 2.09. The van der Waals surface area contributed by atoms with E-state index in [2.05, 4.69) is 0 Å². The summed E-state index contributed by atoms with van der Waals surface area (Å²) in [5.41, 5.74) is 0.816. The van der Waals surface area contributed by atoms with E-state index in [-0.39, 0.29) is 5.82 Å². The lowest BCUT2D eigenvalue weighted by Crippen LogP contribution is -2.46. The molecular formula is C11H12FNO3. The molecule has 1 heterocycles. The highest BCUT2D eigenvalue weighted by Gasteiger charge is 2.26. The molecule has 1 N–H and O–H groups in total. The van der Waals surface area contributed by atoms with Crippen molar-refractivity contribution in [3.05, 3.63) is 30.1 Å². The van der Waals surface area contributed by atoms with Gasteiger partial charge < -0.3 is 14.7 Å². The zero-order valence-corrected chi connectivity index (χ0v) is 8.60. The number of carbonyl (C=O) groups is 1. The summed E-state index contributed by atoms with van der Waals surface area (Å²) in [6.07, 6.45) is -0.807. The van der Waals surface area contributed by atoms with Gasteiger partial charge in [0.2, 0.25) is 0 Å².